The zero-order valence-corrected chi connectivity index (χ0v) is 15.4. The van der Waals surface area contributed by atoms with Crippen LogP contribution in [0.15, 0.2) is 34.5 Å². The molecule has 2 aromatic rings. The van der Waals surface area contributed by atoms with Crippen LogP contribution in [0.2, 0.25) is 0 Å². The Morgan fingerprint density at radius 2 is 1.92 bits per heavy atom. The van der Waals surface area contributed by atoms with Gasteiger partial charge in [0, 0.05) is 17.0 Å². The normalized spacial score (nSPS) is 10.7. The van der Waals surface area contributed by atoms with Gasteiger partial charge in [-0.15, -0.1) is 0 Å². The number of nitrogens with zero attached hydrogens (tertiary/aromatic N) is 3. The van der Waals surface area contributed by atoms with Crippen molar-refractivity contribution in [3.63, 3.8) is 0 Å². The molecule has 0 saturated heterocycles. The van der Waals surface area contributed by atoms with Gasteiger partial charge < -0.3 is 9.47 Å². The summed E-state index contributed by atoms with van der Waals surface area (Å²) < 4.78 is 10.4. The molecule has 1 aromatic carbocycles. The number of hydrogen-bond acceptors (Lipinski definition) is 7. The fourth-order valence-corrected chi connectivity index (χ4v) is 2.78. The Hall–Kier alpha value is -2.61. The van der Waals surface area contributed by atoms with E-state index in [1.807, 2.05) is 19.9 Å². The van der Waals surface area contributed by atoms with Gasteiger partial charge in [0.25, 0.3) is 5.91 Å². The first-order chi connectivity index (χ1) is 12.0. The number of amides is 1. The predicted molar refractivity (Wildman–Crippen MR) is 97.5 cm³/mol. The molecule has 0 radical (unpaired) electrons. The fourth-order valence-electron chi connectivity index (χ4n) is 2.03. The van der Waals surface area contributed by atoms with Gasteiger partial charge in [-0.2, -0.15) is 5.10 Å². The molecule has 2 rings (SSSR count). The van der Waals surface area contributed by atoms with Crippen molar-refractivity contribution >= 4 is 23.9 Å². The summed E-state index contributed by atoms with van der Waals surface area (Å²) in [6, 6.07) is 7.22. The minimum Gasteiger partial charge on any atom is -0.497 e. The largest absolute Gasteiger partial charge is 0.497 e. The van der Waals surface area contributed by atoms with Gasteiger partial charge in [0.15, 0.2) is 5.16 Å². The second kappa shape index (κ2) is 9.03. The molecular formula is C17H20N4O3S. The molecule has 0 unspecified atom stereocenters. The highest BCUT2D eigenvalue weighted by atomic mass is 32.2. The van der Waals surface area contributed by atoms with Crippen molar-refractivity contribution in [2.75, 3.05) is 20.0 Å². The molecule has 0 spiro atoms. The SMILES string of the molecule is COc1ccc(OC)c(/C=N\NC(=O)CSc2nc(C)cc(C)n2)c1. The van der Waals surface area contributed by atoms with Gasteiger partial charge in [0.2, 0.25) is 0 Å². The quantitative estimate of drug-likeness (QED) is 0.353. The van der Waals surface area contributed by atoms with E-state index in [0.29, 0.717) is 22.2 Å². The number of benzene rings is 1. The van der Waals surface area contributed by atoms with Crippen molar-refractivity contribution in [3.05, 3.63) is 41.2 Å². The minimum atomic E-state index is -0.245. The average molecular weight is 360 g/mol. The number of thioether (sulfide) groups is 1. The Labute approximate surface area is 150 Å². The average Bonchev–Trinajstić information content (AvgIpc) is 2.59. The van der Waals surface area contributed by atoms with E-state index >= 15 is 0 Å². The van der Waals surface area contributed by atoms with E-state index in [4.69, 9.17) is 9.47 Å². The summed E-state index contributed by atoms with van der Waals surface area (Å²) in [6.45, 7) is 3.79. The lowest BCUT2D eigenvalue weighted by Gasteiger charge is -2.06. The third-order valence-corrected chi connectivity index (χ3v) is 3.97. The Morgan fingerprint density at radius 1 is 1.20 bits per heavy atom. The molecule has 25 heavy (non-hydrogen) atoms. The molecule has 0 fully saturated rings. The lowest BCUT2D eigenvalue weighted by atomic mass is 10.2. The number of hydrogen-bond donors (Lipinski definition) is 1. The maximum absolute atomic E-state index is 11.9. The summed E-state index contributed by atoms with van der Waals surface area (Å²) in [5, 5.41) is 4.53. The summed E-state index contributed by atoms with van der Waals surface area (Å²) >= 11 is 1.26. The highest BCUT2D eigenvalue weighted by molar-refractivity contribution is 7.99. The molecule has 8 heteroatoms. The van der Waals surface area contributed by atoms with Crippen LogP contribution in [0.3, 0.4) is 0 Å². The topological polar surface area (TPSA) is 85.7 Å². The van der Waals surface area contributed by atoms with Crippen molar-refractivity contribution in [1.29, 1.82) is 0 Å². The molecule has 0 aliphatic heterocycles. The number of carbonyl (C=O) groups is 1. The maximum Gasteiger partial charge on any atom is 0.250 e. The molecule has 0 aliphatic rings. The predicted octanol–water partition coefficient (Wildman–Crippen LogP) is 2.35. The fraction of sp³-hybridized carbons (Fsp3) is 0.294. The molecule has 0 aliphatic carbocycles. The number of carbonyl (C=O) groups excluding carboxylic acids is 1. The standard InChI is InChI=1S/C17H20N4O3S/c1-11-7-12(2)20-17(19-11)25-10-16(22)21-18-9-13-8-14(23-3)5-6-15(13)24-4/h5-9H,10H2,1-4H3,(H,21,22)/b18-9-. The van der Waals surface area contributed by atoms with Crippen LogP contribution >= 0.6 is 11.8 Å². The van der Waals surface area contributed by atoms with Crippen molar-refractivity contribution < 1.29 is 14.3 Å². The van der Waals surface area contributed by atoms with Gasteiger partial charge in [0.05, 0.1) is 26.2 Å². The van der Waals surface area contributed by atoms with Crippen LogP contribution in [0.1, 0.15) is 17.0 Å². The van der Waals surface area contributed by atoms with Crippen LogP contribution in [-0.2, 0) is 4.79 Å². The lowest BCUT2D eigenvalue weighted by Crippen LogP contribution is -2.20. The number of aryl methyl sites for hydroxylation is 2. The Bertz CT molecular complexity index is 760. The Kier molecular flexibility index (Phi) is 6.76. The Balaban J connectivity index is 1.92. The molecule has 1 N–H and O–H groups in total. The molecule has 0 atom stereocenters. The number of nitrogens with one attached hydrogen (secondary N) is 1. The summed E-state index contributed by atoms with van der Waals surface area (Å²) in [7, 11) is 3.15. The van der Waals surface area contributed by atoms with E-state index in [9.17, 15) is 4.79 Å². The van der Waals surface area contributed by atoms with Crippen LogP contribution in [0.5, 0.6) is 11.5 Å². The van der Waals surface area contributed by atoms with Crippen LogP contribution in [0.4, 0.5) is 0 Å². The molecule has 1 amide bonds. The number of methoxy groups -OCH3 is 2. The smallest absolute Gasteiger partial charge is 0.250 e. The zero-order valence-electron chi connectivity index (χ0n) is 14.6. The zero-order chi connectivity index (χ0) is 18.2. The molecular weight excluding hydrogens is 340 g/mol. The van der Waals surface area contributed by atoms with E-state index in [1.165, 1.54) is 18.0 Å². The third kappa shape index (κ3) is 5.75. The molecule has 0 saturated carbocycles. The van der Waals surface area contributed by atoms with Gasteiger partial charge in [-0.05, 0) is 38.1 Å². The molecule has 0 bridgehead atoms. The van der Waals surface area contributed by atoms with Gasteiger partial charge in [-0.25, -0.2) is 15.4 Å². The van der Waals surface area contributed by atoms with Gasteiger partial charge in [0.1, 0.15) is 11.5 Å². The summed E-state index contributed by atoms with van der Waals surface area (Å²) in [6.07, 6.45) is 1.51. The van der Waals surface area contributed by atoms with Crippen LogP contribution in [0, 0.1) is 13.8 Å². The van der Waals surface area contributed by atoms with Gasteiger partial charge >= 0.3 is 0 Å². The van der Waals surface area contributed by atoms with Crippen molar-refractivity contribution in [1.82, 2.24) is 15.4 Å². The van der Waals surface area contributed by atoms with E-state index < -0.39 is 0 Å². The second-order valence-electron chi connectivity index (χ2n) is 5.12. The third-order valence-electron chi connectivity index (χ3n) is 3.12. The van der Waals surface area contributed by atoms with Crippen LogP contribution in [-0.4, -0.2) is 42.1 Å². The minimum absolute atomic E-state index is 0.176. The summed E-state index contributed by atoms with van der Waals surface area (Å²) in [5.74, 6) is 1.24. The highest BCUT2D eigenvalue weighted by Crippen LogP contribution is 2.22. The first-order valence-electron chi connectivity index (χ1n) is 7.51. The highest BCUT2D eigenvalue weighted by Gasteiger charge is 2.06. The maximum atomic E-state index is 11.9. The van der Waals surface area contributed by atoms with Crippen molar-refractivity contribution in [3.8, 4) is 11.5 Å². The first kappa shape index (κ1) is 18.7. The van der Waals surface area contributed by atoms with Gasteiger partial charge in [-0.3, -0.25) is 4.79 Å². The van der Waals surface area contributed by atoms with E-state index in [1.54, 1.807) is 32.4 Å². The Morgan fingerprint density at radius 3 is 2.56 bits per heavy atom. The number of aromatic nitrogens is 2. The van der Waals surface area contributed by atoms with Crippen LogP contribution < -0.4 is 14.9 Å². The first-order valence-corrected chi connectivity index (χ1v) is 8.49. The lowest BCUT2D eigenvalue weighted by molar-refractivity contribution is -0.118. The molecule has 132 valence electrons. The van der Waals surface area contributed by atoms with Crippen molar-refractivity contribution in [2.45, 2.75) is 19.0 Å². The number of hydrazone groups is 1. The van der Waals surface area contributed by atoms with E-state index in [-0.39, 0.29) is 11.7 Å². The number of ether oxygens (including phenoxy) is 2. The summed E-state index contributed by atoms with van der Waals surface area (Å²) in [4.78, 5) is 20.5. The van der Waals surface area contributed by atoms with E-state index in [0.717, 1.165) is 11.4 Å². The summed E-state index contributed by atoms with van der Waals surface area (Å²) in [5.41, 5.74) is 4.93. The van der Waals surface area contributed by atoms with Gasteiger partial charge in [-0.1, -0.05) is 11.8 Å². The van der Waals surface area contributed by atoms with Crippen LogP contribution in [0.25, 0.3) is 0 Å². The van der Waals surface area contributed by atoms with Crippen molar-refractivity contribution in [2.24, 2.45) is 5.10 Å². The number of rotatable bonds is 7. The second-order valence-corrected chi connectivity index (χ2v) is 6.07. The van der Waals surface area contributed by atoms with E-state index in [2.05, 4.69) is 20.5 Å². The molecule has 1 aromatic heterocycles. The molecule has 7 nitrogen and oxygen atoms in total. The molecule has 1 heterocycles. The monoisotopic (exact) mass is 360 g/mol.